The third-order valence-corrected chi connectivity index (χ3v) is 6.13. The van der Waals surface area contributed by atoms with Gasteiger partial charge >= 0.3 is 0 Å². The summed E-state index contributed by atoms with van der Waals surface area (Å²) >= 11 is 0. The van der Waals surface area contributed by atoms with Gasteiger partial charge in [0.25, 0.3) is 17.4 Å². The van der Waals surface area contributed by atoms with Crippen LogP contribution in [0.15, 0.2) is 47.7 Å². The van der Waals surface area contributed by atoms with Gasteiger partial charge in [-0.15, -0.1) is 0 Å². The van der Waals surface area contributed by atoms with E-state index in [1.165, 1.54) is 41.7 Å². The van der Waals surface area contributed by atoms with Crippen LogP contribution in [-0.4, -0.2) is 61.2 Å². The molecule has 3 aromatic rings. The van der Waals surface area contributed by atoms with Crippen LogP contribution < -0.4 is 5.56 Å². The summed E-state index contributed by atoms with van der Waals surface area (Å²) < 4.78 is 14.1. The fourth-order valence-corrected chi connectivity index (χ4v) is 4.37. The Labute approximate surface area is 188 Å². The van der Waals surface area contributed by atoms with Crippen LogP contribution in [0.25, 0.3) is 0 Å². The Morgan fingerprint density at radius 1 is 1.09 bits per heavy atom. The van der Waals surface area contributed by atoms with E-state index in [2.05, 4.69) is 19.9 Å². The van der Waals surface area contributed by atoms with Crippen LogP contribution in [0.4, 0.5) is 4.39 Å². The minimum atomic E-state index is -0.577. The molecule has 1 saturated heterocycles. The van der Waals surface area contributed by atoms with E-state index < -0.39 is 11.7 Å². The van der Waals surface area contributed by atoms with Gasteiger partial charge in [0.15, 0.2) is 0 Å². The lowest BCUT2D eigenvalue weighted by atomic mass is 10.0. The van der Waals surface area contributed by atoms with Crippen molar-refractivity contribution < 1.29 is 14.0 Å². The van der Waals surface area contributed by atoms with Crippen LogP contribution in [0.3, 0.4) is 0 Å². The Morgan fingerprint density at radius 3 is 2.73 bits per heavy atom. The maximum atomic E-state index is 14.1. The molecule has 0 radical (unpaired) electrons. The number of H-pyrrole nitrogens is 1. The topological polar surface area (TPSA) is 112 Å². The SMILES string of the molecule is O=C(c1cnccn1)N1CCC(c2nc3c(c(=O)[nH]2)CCN(C(=O)c2ccccc2F)C3)C1. The highest BCUT2D eigenvalue weighted by Crippen LogP contribution is 2.27. The van der Waals surface area contributed by atoms with Crippen molar-refractivity contribution in [1.82, 2.24) is 29.7 Å². The molecule has 1 aromatic carbocycles. The number of amides is 2. The Hall–Kier alpha value is -3.95. The number of hydrogen-bond donors (Lipinski definition) is 1. The van der Waals surface area contributed by atoms with Gasteiger partial charge in [0.2, 0.25) is 0 Å². The number of benzene rings is 1. The van der Waals surface area contributed by atoms with E-state index in [0.29, 0.717) is 49.6 Å². The Balaban J connectivity index is 1.35. The quantitative estimate of drug-likeness (QED) is 0.650. The van der Waals surface area contributed by atoms with Crippen molar-refractivity contribution in [3.8, 4) is 0 Å². The molecule has 0 spiro atoms. The van der Waals surface area contributed by atoms with E-state index in [1.807, 2.05) is 0 Å². The van der Waals surface area contributed by atoms with E-state index in [-0.39, 0.29) is 35.2 Å². The number of carbonyl (C=O) groups excluding carboxylic acids is 2. The van der Waals surface area contributed by atoms with Crippen LogP contribution in [0, 0.1) is 5.82 Å². The zero-order chi connectivity index (χ0) is 22.9. The first-order chi connectivity index (χ1) is 16.0. The lowest BCUT2D eigenvalue weighted by Gasteiger charge is -2.28. The minimum Gasteiger partial charge on any atom is -0.337 e. The molecule has 2 amide bonds. The van der Waals surface area contributed by atoms with Crippen molar-refractivity contribution in [1.29, 1.82) is 0 Å². The van der Waals surface area contributed by atoms with Gasteiger partial charge in [-0.25, -0.2) is 14.4 Å². The second-order valence-corrected chi connectivity index (χ2v) is 8.16. The lowest BCUT2D eigenvalue weighted by Crippen LogP contribution is -2.40. The summed E-state index contributed by atoms with van der Waals surface area (Å²) in [6.45, 7) is 1.36. The van der Waals surface area contributed by atoms with Crippen LogP contribution in [0.2, 0.25) is 0 Å². The summed E-state index contributed by atoms with van der Waals surface area (Å²) in [5.74, 6) is -0.863. The molecule has 1 fully saturated rings. The molecule has 0 saturated carbocycles. The van der Waals surface area contributed by atoms with Crippen LogP contribution in [-0.2, 0) is 13.0 Å². The summed E-state index contributed by atoms with van der Waals surface area (Å²) in [5.41, 5.74) is 1.10. The number of hydrogen-bond acceptors (Lipinski definition) is 6. The summed E-state index contributed by atoms with van der Waals surface area (Å²) in [4.78, 5) is 56.9. The predicted molar refractivity (Wildman–Crippen MR) is 115 cm³/mol. The molecule has 1 N–H and O–H groups in total. The van der Waals surface area contributed by atoms with Crippen molar-refractivity contribution >= 4 is 11.8 Å². The van der Waals surface area contributed by atoms with E-state index >= 15 is 0 Å². The highest BCUT2D eigenvalue weighted by atomic mass is 19.1. The van der Waals surface area contributed by atoms with Crippen molar-refractivity contribution in [2.45, 2.75) is 25.3 Å². The Morgan fingerprint density at radius 2 is 1.94 bits per heavy atom. The van der Waals surface area contributed by atoms with Crippen molar-refractivity contribution in [2.75, 3.05) is 19.6 Å². The molecule has 4 heterocycles. The maximum absolute atomic E-state index is 14.1. The highest BCUT2D eigenvalue weighted by molar-refractivity contribution is 5.94. The van der Waals surface area contributed by atoms with E-state index in [1.54, 1.807) is 11.0 Å². The molecule has 2 aromatic heterocycles. The van der Waals surface area contributed by atoms with Gasteiger partial charge in [-0.3, -0.25) is 19.4 Å². The molecule has 10 heteroatoms. The molecule has 1 atom stereocenters. The lowest BCUT2D eigenvalue weighted by molar-refractivity contribution is 0.0724. The number of fused-ring (bicyclic) bond motifs is 1. The van der Waals surface area contributed by atoms with Gasteiger partial charge in [0, 0.05) is 43.5 Å². The van der Waals surface area contributed by atoms with Crippen LogP contribution >= 0.6 is 0 Å². The van der Waals surface area contributed by atoms with E-state index in [0.717, 1.165) is 0 Å². The summed E-state index contributed by atoms with van der Waals surface area (Å²) in [5, 5.41) is 0. The number of nitrogens with zero attached hydrogens (tertiary/aromatic N) is 5. The fourth-order valence-electron chi connectivity index (χ4n) is 4.37. The van der Waals surface area contributed by atoms with Crippen molar-refractivity contribution in [3.63, 3.8) is 0 Å². The molecule has 2 aliphatic rings. The van der Waals surface area contributed by atoms with E-state index in [9.17, 15) is 18.8 Å². The van der Waals surface area contributed by atoms with Crippen LogP contribution in [0.1, 0.15) is 50.3 Å². The minimum absolute atomic E-state index is 0.0000256. The third-order valence-electron chi connectivity index (χ3n) is 6.13. The molecule has 0 bridgehead atoms. The molecule has 1 unspecified atom stereocenters. The summed E-state index contributed by atoms with van der Waals surface area (Å²) in [6, 6.07) is 5.85. The maximum Gasteiger partial charge on any atom is 0.274 e. The molecular formula is C23H21FN6O3. The zero-order valence-electron chi connectivity index (χ0n) is 17.7. The van der Waals surface area contributed by atoms with Gasteiger partial charge in [-0.05, 0) is 25.0 Å². The second kappa shape index (κ2) is 8.53. The highest BCUT2D eigenvalue weighted by Gasteiger charge is 2.32. The first-order valence-electron chi connectivity index (χ1n) is 10.7. The monoisotopic (exact) mass is 448 g/mol. The van der Waals surface area contributed by atoms with Gasteiger partial charge in [-0.1, -0.05) is 12.1 Å². The summed E-state index contributed by atoms with van der Waals surface area (Å²) in [7, 11) is 0. The molecule has 33 heavy (non-hydrogen) atoms. The number of rotatable bonds is 3. The Bertz CT molecular complexity index is 1280. The van der Waals surface area contributed by atoms with E-state index in [4.69, 9.17) is 0 Å². The third kappa shape index (κ3) is 3.99. The van der Waals surface area contributed by atoms with Gasteiger partial charge < -0.3 is 14.8 Å². The number of nitrogens with one attached hydrogen (secondary N) is 1. The number of aromatic amines is 1. The zero-order valence-corrected chi connectivity index (χ0v) is 17.7. The average molecular weight is 448 g/mol. The number of aromatic nitrogens is 4. The largest absolute Gasteiger partial charge is 0.337 e. The first kappa shape index (κ1) is 20.9. The normalized spacial score (nSPS) is 17.7. The van der Waals surface area contributed by atoms with Crippen LogP contribution in [0.5, 0.6) is 0 Å². The predicted octanol–water partition coefficient (Wildman–Crippen LogP) is 1.53. The molecular weight excluding hydrogens is 427 g/mol. The van der Waals surface area contributed by atoms with Gasteiger partial charge in [-0.2, -0.15) is 0 Å². The average Bonchev–Trinajstić information content (AvgIpc) is 3.34. The van der Waals surface area contributed by atoms with Gasteiger partial charge in [0.05, 0.1) is 24.0 Å². The standard InChI is InChI=1S/C23H21FN6O3/c24-17-4-2-1-3-15(17)22(32)30-10-6-16-19(13-30)27-20(28-21(16)31)14-5-9-29(12-14)23(33)18-11-25-7-8-26-18/h1-4,7-8,11,14H,5-6,9-10,12-13H2,(H,27,28,31). The molecule has 2 aliphatic heterocycles. The molecule has 5 rings (SSSR count). The number of carbonyl (C=O) groups is 2. The Kier molecular flexibility index (Phi) is 5.41. The fraction of sp³-hybridized carbons (Fsp3) is 0.304. The summed E-state index contributed by atoms with van der Waals surface area (Å²) in [6.07, 6.45) is 5.39. The van der Waals surface area contributed by atoms with Crippen molar-refractivity contribution in [2.24, 2.45) is 0 Å². The smallest absolute Gasteiger partial charge is 0.274 e. The second-order valence-electron chi connectivity index (χ2n) is 8.16. The van der Waals surface area contributed by atoms with Crippen molar-refractivity contribution in [3.05, 3.63) is 87.4 Å². The molecule has 0 aliphatic carbocycles. The molecule has 9 nitrogen and oxygen atoms in total. The first-order valence-corrected chi connectivity index (χ1v) is 10.7. The number of likely N-dealkylation sites (tertiary alicyclic amines) is 1. The molecule has 168 valence electrons. The van der Waals surface area contributed by atoms with Gasteiger partial charge in [0.1, 0.15) is 17.3 Å². The number of halogens is 1.